The molecule has 3 aromatic rings. The number of carbonyl (C=O) groups excluding carboxylic acids is 1. The minimum Gasteiger partial charge on any atom is -0.497 e. The molecule has 2 saturated heterocycles. The first-order chi connectivity index (χ1) is 23.4. The van der Waals surface area contributed by atoms with Gasteiger partial charge in [-0.05, 0) is 112 Å². The Bertz CT molecular complexity index is 1410. The van der Waals surface area contributed by atoms with Gasteiger partial charge >= 0.3 is 5.97 Å². The summed E-state index contributed by atoms with van der Waals surface area (Å²) in [6.45, 7) is 4.32. The number of hydrogen-bond acceptors (Lipinski definition) is 5. The molecule has 3 fully saturated rings. The summed E-state index contributed by atoms with van der Waals surface area (Å²) in [6, 6.07) is 27.8. The first-order valence-corrected chi connectivity index (χ1v) is 18.1. The van der Waals surface area contributed by atoms with Gasteiger partial charge in [0.2, 0.25) is 0 Å². The number of rotatable bonds is 13. The molecular formula is C41H52F2N2O3. The molecule has 0 spiro atoms. The van der Waals surface area contributed by atoms with Crippen LogP contribution in [-0.2, 0) is 22.1 Å². The second-order valence-corrected chi connectivity index (χ2v) is 14.4. The summed E-state index contributed by atoms with van der Waals surface area (Å²) in [7, 11) is 1.64. The SMILES string of the molecule is COc1ccc(COC(=O)CC2CC[C@H](N3CCCC3c3ccccc3)[C@H](CN3CCC(CCC(F)(F)c4ccccc4)CC3)C2)cc1. The van der Waals surface area contributed by atoms with E-state index < -0.39 is 5.92 Å². The summed E-state index contributed by atoms with van der Waals surface area (Å²) in [5.74, 6) is -0.999. The summed E-state index contributed by atoms with van der Waals surface area (Å²) in [5.41, 5.74) is 2.49. The summed E-state index contributed by atoms with van der Waals surface area (Å²) >= 11 is 0. The topological polar surface area (TPSA) is 42.0 Å². The molecule has 0 bridgehead atoms. The van der Waals surface area contributed by atoms with Crippen molar-refractivity contribution in [3.8, 4) is 5.75 Å². The van der Waals surface area contributed by atoms with Gasteiger partial charge in [0.25, 0.3) is 5.92 Å². The molecule has 2 aliphatic heterocycles. The van der Waals surface area contributed by atoms with E-state index in [4.69, 9.17) is 9.47 Å². The third-order valence-corrected chi connectivity index (χ3v) is 11.2. The summed E-state index contributed by atoms with van der Waals surface area (Å²) in [4.78, 5) is 18.4. The number of carbonyl (C=O) groups is 1. The third kappa shape index (κ3) is 9.03. The maximum Gasteiger partial charge on any atom is 0.306 e. The first-order valence-electron chi connectivity index (χ1n) is 18.1. The number of likely N-dealkylation sites (tertiary alicyclic amines) is 2. The number of piperidine rings is 1. The zero-order valence-corrected chi connectivity index (χ0v) is 28.5. The van der Waals surface area contributed by atoms with Gasteiger partial charge < -0.3 is 14.4 Å². The second kappa shape index (κ2) is 16.4. The fourth-order valence-corrected chi connectivity index (χ4v) is 8.56. The number of ether oxygens (including phenoxy) is 2. The Labute approximate surface area is 285 Å². The molecule has 3 aromatic carbocycles. The Kier molecular flexibility index (Phi) is 11.8. The van der Waals surface area contributed by atoms with Gasteiger partial charge in [-0.3, -0.25) is 9.69 Å². The lowest BCUT2D eigenvalue weighted by Gasteiger charge is -2.46. The molecule has 1 saturated carbocycles. The van der Waals surface area contributed by atoms with Gasteiger partial charge in [-0.15, -0.1) is 0 Å². The van der Waals surface area contributed by atoms with Crippen molar-refractivity contribution in [1.82, 2.24) is 9.80 Å². The van der Waals surface area contributed by atoms with E-state index in [1.807, 2.05) is 24.3 Å². The average Bonchev–Trinajstić information content (AvgIpc) is 3.61. The van der Waals surface area contributed by atoms with Gasteiger partial charge in [-0.1, -0.05) is 72.8 Å². The zero-order chi connectivity index (χ0) is 33.3. The van der Waals surface area contributed by atoms with E-state index in [0.29, 0.717) is 42.7 Å². The molecule has 0 amide bonds. The molecule has 48 heavy (non-hydrogen) atoms. The van der Waals surface area contributed by atoms with Gasteiger partial charge in [-0.2, -0.15) is 0 Å². The van der Waals surface area contributed by atoms with E-state index >= 15 is 0 Å². The van der Waals surface area contributed by atoms with E-state index in [1.54, 1.807) is 37.4 Å². The van der Waals surface area contributed by atoms with Crippen LogP contribution in [0.3, 0.4) is 0 Å². The maximum atomic E-state index is 14.9. The molecule has 0 radical (unpaired) electrons. The van der Waals surface area contributed by atoms with E-state index in [-0.39, 0.29) is 24.6 Å². The molecule has 5 nitrogen and oxygen atoms in total. The highest BCUT2D eigenvalue weighted by molar-refractivity contribution is 5.69. The molecule has 7 heteroatoms. The van der Waals surface area contributed by atoms with E-state index in [2.05, 4.69) is 40.1 Å². The van der Waals surface area contributed by atoms with Gasteiger partial charge in [0.1, 0.15) is 12.4 Å². The number of alkyl halides is 2. The number of benzene rings is 3. The molecule has 1 aliphatic carbocycles. The van der Waals surface area contributed by atoms with Gasteiger partial charge in [-0.25, -0.2) is 8.78 Å². The Morgan fingerprint density at radius 3 is 2.25 bits per heavy atom. The number of halogens is 2. The Morgan fingerprint density at radius 1 is 0.833 bits per heavy atom. The van der Waals surface area contributed by atoms with Crippen LogP contribution in [0.1, 0.15) is 86.9 Å². The molecule has 4 atom stereocenters. The van der Waals surface area contributed by atoms with Crippen LogP contribution >= 0.6 is 0 Å². The van der Waals surface area contributed by atoms with Crippen molar-refractivity contribution in [3.05, 3.63) is 102 Å². The van der Waals surface area contributed by atoms with E-state index in [9.17, 15) is 13.6 Å². The predicted octanol–water partition coefficient (Wildman–Crippen LogP) is 9.03. The first kappa shape index (κ1) is 34.6. The number of esters is 1. The van der Waals surface area contributed by atoms with Crippen LogP contribution in [-0.4, -0.2) is 55.1 Å². The molecule has 6 rings (SSSR count). The van der Waals surface area contributed by atoms with Crippen LogP contribution in [0.2, 0.25) is 0 Å². The van der Waals surface area contributed by atoms with E-state index in [1.165, 1.54) is 18.4 Å². The molecular weight excluding hydrogens is 606 g/mol. The van der Waals surface area contributed by atoms with Crippen molar-refractivity contribution in [3.63, 3.8) is 0 Å². The minimum atomic E-state index is -2.77. The lowest BCUT2D eigenvalue weighted by molar-refractivity contribution is -0.146. The summed E-state index contributed by atoms with van der Waals surface area (Å²) < 4.78 is 40.7. The van der Waals surface area contributed by atoms with Gasteiger partial charge in [0.05, 0.1) is 7.11 Å². The third-order valence-electron chi connectivity index (χ3n) is 11.2. The molecule has 0 aromatic heterocycles. The highest BCUT2D eigenvalue weighted by Gasteiger charge is 2.41. The Morgan fingerprint density at radius 2 is 1.54 bits per heavy atom. The van der Waals surface area contributed by atoms with Crippen molar-refractivity contribution in [2.45, 2.75) is 88.8 Å². The number of nitrogens with zero attached hydrogens (tertiary/aromatic N) is 2. The maximum absolute atomic E-state index is 14.9. The van der Waals surface area contributed by atoms with Crippen molar-refractivity contribution in [2.24, 2.45) is 17.8 Å². The largest absolute Gasteiger partial charge is 0.497 e. The predicted molar refractivity (Wildman–Crippen MR) is 186 cm³/mol. The van der Waals surface area contributed by atoms with Crippen LogP contribution in [0.15, 0.2) is 84.9 Å². The number of hydrogen-bond donors (Lipinski definition) is 0. The minimum absolute atomic E-state index is 0.0849. The van der Waals surface area contributed by atoms with Crippen molar-refractivity contribution < 1.29 is 23.0 Å². The van der Waals surface area contributed by atoms with Crippen LogP contribution in [0.4, 0.5) is 8.78 Å². The standard InChI is InChI=1S/C41H52F2N2O3/c1-47-37-17-14-32(15-18-37)30-48-40(46)28-33-16-19-39(45-24-8-13-38(45)34-9-4-2-5-10-34)35(27-33)29-44-25-21-31(22-26-44)20-23-41(42,43)36-11-6-3-7-12-36/h2-7,9-12,14-15,17-18,31,33,35,38-39H,8,13,16,19-30H2,1H3/t33?,35-,38?,39-/m0/s1. The molecule has 2 unspecified atom stereocenters. The van der Waals surface area contributed by atoms with Crippen LogP contribution in [0.5, 0.6) is 5.75 Å². The second-order valence-electron chi connectivity index (χ2n) is 14.4. The fraction of sp³-hybridized carbons (Fsp3) is 0.537. The summed E-state index contributed by atoms with van der Waals surface area (Å²) in [6.07, 6.45) is 8.43. The van der Waals surface area contributed by atoms with Crippen molar-refractivity contribution in [2.75, 3.05) is 33.3 Å². The zero-order valence-electron chi connectivity index (χ0n) is 28.5. The highest BCUT2D eigenvalue weighted by atomic mass is 19.3. The average molecular weight is 659 g/mol. The number of methoxy groups -OCH3 is 1. The fourth-order valence-electron chi connectivity index (χ4n) is 8.56. The van der Waals surface area contributed by atoms with E-state index in [0.717, 1.165) is 69.6 Å². The lowest BCUT2D eigenvalue weighted by Crippen LogP contribution is -2.49. The van der Waals surface area contributed by atoms with Gasteiger partial charge in [0.15, 0.2) is 0 Å². The van der Waals surface area contributed by atoms with Crippen LogP contribution in [0.25, 0.3) is 0 Å². The monoisotopic (exact) mass is 658 g/mol. The van der Waals surface area contributed by atoms with Crippen molar-refractivity contribution >= 4 is 5.97 Å². The smallest absolute Gasteiger partial charge is 0.306 e. The van der Waals surface area contributed by atoms with Crippen LogP contribution < -0.4 is 4.74 Å². The Balaban J connectivity index is 1.06. The Hall–Kier alpha value is -3.29. The molecule has 0 N–H and O–H groups in total. The molecule has 258 valence electrons. The normalized spacial score (nSPS) is 24.4. The highest BCUT2D eigenvalue weighted by Crippen LogP contribution is 2.43. The van der Waals surface area contributed by atoms with Crippen LogP contribution in [0, 0.1) is 17.8 Å². The molecule has 3 aliphatic rings. The van der Waals surface area contributed by atoms with Gasteiger partial charge in [0, 0.05) is 37.0 Å². The summed E-state index contributed by atoms with van der Waals surface area (Å²) in [5, 5.41) is 0. The van der Waals surface area contributed by atoms with Crippen molar-refractivity contribution in [1.29, 1.82) is 0 Å². The molecule has 2 heterocycles. The quantitative estimate of drug-likeness (QED) is 0.172. The lowest BCUT2D eigenvalue weighted by atomic mass is 9.75.